The van der Waals surface area contributed by atoms with Gasteiger partial charge in [0.2, 0.25) is 0 Å². The second-order valence-electron chi connectivity index (χ2n) is 6.64. The first-order valence-corrected chi connectivity index (χ1v) is 7.84. The summed E-state index contributed by atoms with van der Waals surface area (Å²) in [4.78, 5) is 0. The molecule has 1 aliphatic heterocycles. The Morgan fingerprint density at radius 3 is 3.05 bits per heavy atom. The van der Waals surface area contributed by atoms with E-state index in [1.165, 1.54) is 38.6 Å². The fourth-order valence-corrected chi connectivity index (χ4v) is 5.33. The van der Waals surface area contributed by atoms with Gasteiger partial charge in [-0.05, 0) is 56.3 Å². The number of rotatable bonds is 1. The van der Waals surface area contributed by atoms with E-state index in [1.807, 2.05) is 0 Å². The normalized spacial score (nSPS) is 40.4. The van der Waals surface area contributed by atoms with Gasteiger partial charge in [-0.1, -0.05) is 30.7 Å². The van der Waals surface area contributed by atoms with E-state index in [0.717, 1.165) is 5.92 Å². The number of hydrogen-bond acceptors (Lipinski definition) is 2. The highest BCUT2D eigenvalue weighted by atomic mass is 15.0. The van der Waals surface area contributed by atoms with Crippen molar-refractivity contribution in [3.63, 3.8) is 0 Å². The van der Waals surface area contributed by atoms with Crippen molar-refractivity contribution in [1.29, 1.82) is 0 Å². The van der Waals surface area contributed by atoms with Gasteiger partial charge in [0.15, 0.2) is 0 Å². The molecule has 102 valence electrons. The van der Waals surface area contributed by atoms with Crippen LogP contribution in [-0.4, -0.2) is 25.7 Å². The number of benzene rings is 1. The Morgan fingerprint density at radius 1 is 1.26 bits per heavy atom. The van der Waals surface area contributed by atoms with E-state index in [0.29, 0.717) is 17.5 Å². The van der Waals surface area contributed by atoms with Gasteiger partial charge in [-0.25, -0.2) is 0 Å². The fourth-order valence-electron chi connectivity index (χ4n) is 5.33. The van der Waals surface area contributed by atoms with Crippen molar-refractivity contribution in [1.82, 2.24) is 10.6 Å². The lowest BCUT2D eigenvalue weighted by atomic mass is 9.51. The summed E-state index contributed by atoms with van der Waals surface area (Å²) in [5.74, 6) is 0.787. The lowest BCUT2D eigenvalue weighted by Crippen LogP contribution is -2.65. The van der Waals surface area contributed by atoms with E-state index < -0.39 is 0 Å². The smallest absolute Gasteiger partial charge is 0.0159 e. The summed E-state index contributed by atoms with van der Waals surface area (Å²) in [7, 11) is 2.15. The first kappa shape index (κ1) is 11.9. The lowest BCUT2D eigenvalue weighted by molar-refractivity contribution is 0.0513. The van der Waals surface area contributed by atoms with E-state index in [1.54, 1.807) is 11.1 Å². The maximum atomic E-state index is 3.81. The van der Waals surface area contributed by atoms with Crippen LogP contribution in [0.5, 0.6) is 0 Å². The van der Waals surface area contributed by atoms with Gasteiger partial charge in [-0.2, -0.15) is 0 Å². The highest BCUT2D eigenvalue weighted by molar-refractivity contribution is 5.41. The average Bonchev–Trinajstić information content (AvgIpc) is 2.46. The van der Waals surface area contributed by atoms with E-state index in [9.17, 15) is 0 Å². The minimum Gasteiger partial charge on any atom is -0.317 e. The zero-order chi connectivity index (χ0) is 12.9. The average molecular weight is 256 g/mol. The summed E-state index contributed by atoms with van der Waals surface area (Å²) in [6.45, 7) is 1.20. The van der Waals surface area contributed by atoms with Crippen molar-refractivity contribution in [3.05, 3.63) is 35.4 Å². The van der Waals surface area contributed by atoms with E-state index in [-0.39, 0.29) is 0 Å². The summed E-state index contributed by atoms with van der Waals surface area (Å²) in [6.07, 6.45) is 6.67. The molecule has 1 saturated carbocycles. The number of nitrogens with one attached hydrogen (secondary N) is 2. The monoisotopic (exact) mass is 256 g/mol. The van der Waals surface area contributed by atoms with Crippen molar-refractivity contribution >= 4 is 0 Å². The van der Waals surface area contributed by atoms with Crippen LogP contribution in [0.4, 0.5) is 0 Å². The second kappa shape index (κ2) is 4.32. The standard InChI is InChI=1S/C17H24N2/c1-18-14-7-4-8-17-9-10-19-15(16(14)17)11-12-5-2-3-6-13(12)17/h2-3,5-6,14-16,18-19H,4,7-11H2,1H3/t14?,15-,16+,17+/m1/s1. The third-order valence-corrected chi connectivity index (χ3v) is 5.99. The maximum Gasteiger partial charge on any atom is 0.0159 e. The van der Waals surface area contributed by atoms with Gasteiger partial charge < -0.3 is 10.6 Å². The maximum absolute atomic E-state index is 3.81. The number of hydrogen-bond donors (Lipinski definition) is 2. The molecule has 1 unspecified atom stereocenters. The van der Waals surface area contributed by atoms with Crippen molar-refractivity contribution in [3.8, 4) is 0 Å². The SMILES string of the molecule is CNC1CCC[C@]23CCN[C@H](Cc4ccccc42)[C@H]13. The van der Waals surface area contributed by atoms with Crippen LogP contribution < -0.4 is 10.6 Å². The fraction of sp³-hybridized carbons (Fsp3) is 0.647. The Hall–Kier alpha value is -0.860. The molecule has 1 saturated heterocycles. The Labute approximate surface area is 116 Å². The minimum absolute atomic E-state index is 0.455. The van der Waals surface area contributed by atoms with E-state index in [4.69, 9.17) is 0 Å². The summed E-state index contributed by atoms with van der Waals surface area (Å²) in [6, 6.07) is 10.6. The molecule has 0 amide bonds. The Kier molecular flexibility index (Phi) is 2.71. The van der Waals surface area contributed by atoms with Gasteiger partial charge in [0.05, 0.1) is 0 Å². The number of fused-ring (bicyclic) bond motifs is 1. The highest BCUT2D eigenvalue weighted by Gasteiger charge is 2.54. The first-order valence-electron chi connectivity index (χ1n) is 7.84. The molecule has 1 aromatic rings. The topological polar surface area (TPSA) is 24.1 Å². The molecule has 4 atom stereocenters. The van der Waals surface area contributed by atoms with Gasteiger partial charge in [-0.15, -0.1) is 0 Å². The van der Waals surface area contributed by atoms with Crippen LogP contribution in [0.3, 0.4) is 0 Å². The zero-order valence-electron chi connectivity index (χ0n) is 11.8. The molecule has 2 aliphatic carbocycles. The van der Waals surface area contributed by atoms with Gasteiger partial charge in [0, 0.05) is 17.5 Å². The van der Waals surface area contributed by atoms with E-state index in [2.05, 4.69) is 41.9 Å². The summed E-state index contributed by atoms with van der Waals surface area (Å²) >= 11 is 0. The molecule has 0 aromatic heterocycles. The molecule has 3 aliphatic rings. The van der Waals surface area contributed by atoms with Crippen LogP contribution in [-0.2, 0) is 11.8 Å². The van der Waals surface area contributed by atoms with Crippen molar-refractivity contribution in [2.45, 2.75) is 49.6 Å². The molecule has 2 fully saturated rings. The van der Waals surface area contributed by atoms with Gasteiger partial charge in [-0.3, -0.25) is 0 Å². The second-order valence-corrected chi connectivity index (χ2v) is 6.64. The Balaban J connectivity index is 1.88. The minimum atomic E-state index is 0.455. The Bertz CT molecular complexity index is 480. The van der Waals surface area contributed by atoms with Gasteiger partial charge in [0.1, 0.15) is 0 Å². The molecular weight excluding hydrogens is 232 g/mol. The van der Waals surface area contributed by atoms with Crippen LogP contribution in [0, 0.1) is 5.92 Å². The van der Waals surface area contributed by atoms with Crippen LogP contribution in [0.25, 0.3) is 0 Å². The third kappa shape index (κ3) is 1.56. The summed E-state index contributed by atoms with van der Waals surface area (Å²) < 4.78 is 0. The molecule has 19 heavy (non-hydrogen) atoms. The highest BCUT2D eigenvalue weighted by Crippen LogP contribution is 2.53. The molecule has 2 nitrogen and oxygen atoms in total. The molecule has 0 radical (unpaired) electrons. The van der Waals surface area contributed by atoms with E-state index >= 15 is 0 Å². The van der Waals surface area contributed by atoms with Crippen molar-refractivity contribution in [2.75, 3.05) is 13.6 Å². The third-order valence-electron chi connectivity index (χ3n) is 5.99. The van der Waals surface area contributed by atoms with Crippen LogP contribution in [0.15, 0.2) is 24.3 Å². The Morgan fingerprint density at radius 2 is 2.16 bits per heavy atom. The molecule has 1 heterocycles. The largest absolute Gasteiger partial charge is 0.317 e. The molecule has 2 heteroatoms. The molecule has 4 rings (SSSR count). The summed E-state index contributed by atoms with van der Waals surface area (Å²) in [5, 5.41) is 7.43. The molecular formula is C17H24N2. The predicted molar refractivity (Wildman–Crippen MR) is 78.4 cm³/mol. The molecule has 2 bridgehead atoms. The van der Waals surface area contributed by atoms with Crippen molar-refractivity contribution < 1.29 is 0 Å². The van der Waals surface area contributed by atoms with Crippen LogP contribution in [0.1, 0.15) is 36.8 Å². The molecule has 0 spiro atoms. The zero-order valence-corrected chi connectivity index (χ0v) is 11.8. The lowest BCUT2D eigenvalue weighted by Gasteiger charge is -2.58. The summed E-state index contributed by atoms with van der Waals surface area (Å²) in [5.41, 5.74) is 3.74. The first-order chi connectivity index (χ1) is 9.35. The van der Waals surface area contributed by atoms with Crippen molar-refractivity contribution in [2.24, 2.45) is 5.92 Å². The van der Waals surface area contributed by atoms with Gasteiger partial charge >= 0.3 is 0 Å². The van der Waals surface area contributed by atoms with Crippen LogP contribution in [0.2, 0.25) is 0 Å². The van der Waals surface area contributed by atoms with Gasteiger partial charge in [0.25, 0.3) is 0 Å². The predicted octanol–water partition coefficient (Wildman–Crippen LogP) is 2.23. The van der Waals surface area contributed by atoms with Crippen LogP contribution >= 0.6 is 0 Å². The molecule has 2 N–H and O–H groups in total. The quantitative estimate of drug-likeness (QED) is 0.805. The molecule has 1 aromatic carbocycles. The number of piperidine rings is 1.